The molecule has 14 nitrogen and oxygen atoms in total. The Balaban J connectivity index is 0.000000241. The molecule has 412 valence electrons. The Kier molecular flexibility index (Phi) is 22.4. The lowest BCUT2D eigenvalue weighted by molar-refractivity contribution is -0.306. The van der Waals surface area contributed by atoms with Gasteiger partial charge in [-0.1, -0.05) is 105 Å². The van der Waals surface area contributed by atoms with Crippen LogP contribution in [0.1, 0.15) is 123 Å². The summed E-state index contributed by atoms with van der Waals surface area (Å²) in [4.78, 5) is 55.3. The van der Waals surface area contributed by atoms with Crippen molar-refractivity contribution in [2.75, 3.05) is 39.9 Å². The summed E-state index contributed by atoms with van der Waals surface area (Å²) >= 11 is 2.56. The summed E-state index contributed by atoms with van der Waals surface area (Å²) in [5, 5.41) is -0.00746. The number of methoxy groups -OCH3 is 4. The van der Waals surface area contributed by atoms with E-state index in [9.17, 15) is 19.2 Å². The van der Waals surface area contributed by atoms with Gasteiger partial charge in [0.15, 0.2) is 11.6 Å². The van der Waals surface area contributed by atoms with Crippen LogP contribution in [0.2, 0.25) is 0 Å². The van der Waals surface area contributed by atoms with E-state index in [2.05, 4.69) is 38.2 Å². The second kappa shape index (κ2) is 28.2. The molecular weight excluding hydrogens is 993 g/mol. The van der Waals surface area contributed by atoms with Crippen LogP contribution < -0.4 is 9.47 Å². The topological polar surface area (TPSA) is 149 Å². The van der Waals surface area contributed by atoms with E-state index in [1.807, 2.05) is 72.2 Å². The minimum absolute atomic E-state index is 0. The van der Waals surface area contributed by atoms with Crippen LogP contribution in [0.25, 0.3) is 0 Å². The number of fused-ring (bicyclic) bond motifs is 4. The average molecular weight is 1080 g/mol. The zero-order valence-corrected chi connectivity index (χ0v) is 46.3. The van der Waals surface area contributed by atoms with Crippen LogP contribution in [0.5, 0.6) is 11.5 Å². The molecule has 2 aromatic carbocycles. The second-order valence-corrected chi connectivity index (χ2v) is 22.6. The molecule has 75 heavy (non-hydrogen) atoms. The van der Waals surface area contributed by atoms with Crippen LogP contribution in [0.15, 0.2) is 96.1 Å². The maximum absolute atomic E-state index is 13.0. The zero-order chi connectivity index (χ0) is 52.8. The van der Waals surface area contributed by atoms with Gasteiger partial charge in [-0.2, -0.15) is 0 Å². The Labute approximate surface area is 454 Å². The monoisotopic (exact) mass is 1070 g/mol. The minimum atomic E-state index is -1.06. The first-order valence-electron chi connectivity index (χ1n) is 26.3. The lowest BCUT2D eigenvalue weighted by atomic mass is 9.89. The molecule has 0 unspecified atom stereocenters. The largest absolute Gasteiger partial charge is 0.497 e. The molecule has 6 aliphatic rings. The Bertz CT molecular complexity index is 2180. The highest BCUT2D eigenvalue weighted by Crippen LogP contribution is 2.45. The molecule has 2 amide bonds. The van der Waals surface area contributed by atoms with Gasteiger partial charge in [-0.15, -0.1) is 0 Å². The molecule has 4 saturated heterocycles. The molecule has 0 saturated carbocycles. The zero-order valence-electron chi connectivity index (χ0n) is 44.6. The number of hydrogen-bond acceptors (Lipinski definition) is 14. The van der Waals surface area contributed by atoms with Crippen molar-refractivity contribution in [3.05, 3.63) is 107 Å². The van der Waals surface area contributed by atoms with E-state index in [-0.39, 0.29) is 66.3 Å². The number of thioether (sulfide) groups is 2. The Morgan fingerprint density at radius 3 is 1.32 bits per heavy atom. The van der Waals surface area contributed by atoms with Crippen LogP contribution in [0, 0.1) is 11.8 Å². The predicted octanol–water partition coefficient (Wildman–Crippen LogP) is 12.4. The standard InChI is InChI=1S/2C29H39NO6S.CH4/c2*1-20-7-5-6-8-21(2)15-27(31)35-25-16-24(12-9-20)36-29(17-25,34-4)26-19-37-28(32)30(26)18-22-10-13-23(33-3)14-11-22;/h2*5,7,10-11,13-15,20,24-26H,6,8-9,12,16-19H2,1-4H3;1H4/b7-5+,21-15-;7-5-,21-15-;/t2*20-,24-,25-,26+,29-;/m11./s1. The summed E-state index contributed by atoms with van der Waals surface area (Å²) in [7, 11) is 6.53. The van der Waals surface area contributed by atoms with Gasteiger partial charge in [0.25, 0.3) is 10.5 Å². The quantitative estimate of drug-likeness (QED) is 0.164. The van der Waals surface area contributed by atoms with E-state index < -0.39 is 11.6 Å². The maximum Gasteiger partial charge on any atom is 0.330 e. The number of benzene rings is 2. The van der Waals surface area contributed by atoms with E-state index >= 15 is 0 Å². The highest BCUT2D eigenvalue weighted by Gasteiger charge is 2.56. The lowest BCUT2D eigenvalue weighted by Gasteiger charge is -2.48. The first kappa shape index (κ1) is 59.7. The Morgan fingerprint density at radius 1 is 0.573 bits per heavy atom. The van der Waals surface area contributed by atoms with Crippen molar-refractivity contribution < 1.29 is 57.1 Å². The van der Waals surface area contributed by atoms with Crippen molar-refractivity contribution in [3.8, 4) is 11.5 Å². The molecule has 0 radical (unpaired) electrons. The van der Waals surface area contributed by atoms with Gasteiger partial charge >= 0.3 is 11.9 Å². The van der Waals surface area contributed by atoms with Gasteiger partial charge in [0.05, 0.1) is 38.5 Å². The first-order valence-corrected chi connectivity index (χ1v) is 28.3. The molecule has 4 bridgehead atoms. The number of nitrogens with zero attached hydrogens (tertiary/aromatic N) is 2. The predicted molar refractivity (Wildman–Crippen MR) is 296 cm³/mol. The molecule has 0 N–H and O–H groups in total. The number of ether oxygens (including phenoxy) is 8. The summed E-state index contributed by atoms with van der Waals surface area (Å²) in [6, 6.07) is 14.8. The third-order valence-electron chi connectivity index (χ3n) is 15.0. The van der Waals surface area contributed by atoms with Crippen LogP contribution in [-0.2, 0) is 51.1 Å². The molecule has 16 heteroatoms. The number of carbonyl (C=O) groups is 4. The van der Waals surface area contributed by atoms with E-state index in [0.29, 0.717) is 62.1 Å². The van der Waals surface area contributed by atoms with Gasteiger partial charge in [-0.05, 0) is 112 Å². The van der Waals surface area contributed by atoms with Crippen LogP contribution in [0.3, 0.4) is 0 Å². The number of hydrogen-bond donors (Lipinski definition) is 0. The molecule has 0 spiro atoms. The van der Waals surface area contributed by atoms with Crippen LogP contribution in [0.4, 0.5) is 9.59 Å². The van der Waals surface area contributed by atoms with Gasteiger partial charge in [-0.25, -0.2) is 9.59 Å². The van der Waals surface area contributed by atoms with Crippen molar-refractivity contribution in [1.82, 2.24) is 9.80 Å². The molecular formula is C59H82N2O12S2. The third kappa shape index (κ3) is 16.2. The minimum Gasteiger partial charge on any atom is -0.497 e. The molecule has 8 rings (SSSR count). The number of amides is 2. The summed E-state index contributed by atoms with van der Waals surface area (Å²) in [6.45, 7) is 9.25. The fourth-order valence-corrected chi connectivity index (χ4v) is 13.0. The molecule has 0 aliphatic carbocycles. The number of esters is 2. The van der Waals surface area contributed by atoms with E-state index in [1.165, 1.54) is 23.5 Å². The number of allylic oxidation sites excluding steroid dienone is 6. The van der Waals surface area contributed by atoms with Gasteiger partial charge in [-0.3, -0.25) is 9.59 Å². The summed E-state index contributed by atoms with van der Waals surface area (Å²) < 4.78 is 48.2. The molecule has 6 heterocycles. The van der Waals surface area contributed by atoms with Gasteiger partial charge in [0.2, 0.25) is 0 Å². The van der Waals surface area contributed by atoms with Gasteiger partial charge in [0.1, 0.15) is 23.7 Å². The molecule has 6 aliphatic heterocycles. The number of carbonyl (C=O) groups excluding carboxylic acids is 4. The van der Waals surface area contributed by atoms with Crippen LogP contribution >= 0.6 is 23.5 Å². The van der Waals surface area contributed by atoms with E-state index in [0.717, 1.165) is 85.1 Å². The Hall–Kier alpha value is -4.58. The van der Waals surface area contributed by atoms with Crippen molar-refractivity contribution >= 4 is 45.9 Å². The maximum atomic E-state index is 13.0. The van der Waals surface area contributed by atoms with Crippen molar-refractivity contribution in [2.45, 2.75) is 173 Å². The SMILES string of the molecule is C.COc1ccc(CN2C(=O)SC[C@H]2[C@@]2(OC)C[C@H]3C[C@@H](CC[C@H](C)/C=C/CC/C(C)=C\C(=O)O3)O2)cc1.COc1ccc(CN2C(=O)SC[C@H]2[C@@]2(OC)C[C@H]3C[C@@H](CC[C@H](C)/C=C\CC/C(C)=C\C(=O)O3)O2)cc1. The molecule has 10 atom stereocenters. The smallest absolute Gasteiger partial charge is 0.330 e. The van der Waals surface area contributed by atoms with Crippen LogP contribution in [-0.4, -0.2) is 120 Å². The number of rotatable bonds is 10. The van der Waals surface area contributed by atoms with E-state index in [4.69, 9.17) is 37.9 Å². The molecule has 4 fully saturated rings. The van der Waals surface area contributed by atoms with Gasteiger partial charge < -0.3 is 47.7 Å². The second-order valence-electron chi connectivity index (χ2n) is 20.7. The molecule has 2 aromatic rings. The third-order valence-corrected chi connectivity index (χ3v) is 16.9. The average Bonchev–Trinajstić information content (AvgIpc) is 3.95. The fraction of sp³-hybridized carbons (Fsp3) is 0.593. The highest BCUT2D eigenvalue weighted by molar-refractivity contribution is 8.14. The highest BCUT2D eigenvalue weighted by atomic mass is 32.2. The summed E-state index contributed by atoms with van der Waals surface area (Å²) in [6.07, 6.45) is 20.2. The van der Waals surface area contributed by atoms with Crippen molar-refractivity contribution in [1.29, 1.82) is 0 Å². The lowest BCUT2D eigenvalue weighted by Crippen LogP contribution is -2.60. The van der Waals surface area contributed by atoms with Crippen molar-refractivity contribution in [3.63, 3.8) is 0 Å². The Morgan fingerprint density at radius 2 is 0.960 bits per heavy atom. The molecule has 0 aromatic heterocycles. The van der Waals surface area contributed by atoms with Gasteiger partial charge in [0, 0.05) is 76.7 Å². The summed E-state index contributed by atoms with van der Waals surface area (Å²) in [5.74, 6) is 0.713. The van der Waals surface area contributed by atoms with Crippen molar-refractivity contribution in [2.24, 2.45) is 11.8 Å². The fourth-order valence-electron chi connectivity index (χ4n) is 10.8. The first-order chi connectivity index (χ1) is 35.6. The van der Waals surface area contributed by atoms with E-state index in [1.54, 1.807) is 40.6 Å². The summed E-state index contributed by atoms with van der Waals surface area (Å²) in [5.41, 5.74) is 4.01. The normalized spacial score (nSPS) is 33.3.